The van der Waals surface area contributed by atoms with Crippen LogP contribution in [0.4, 0.5) is 0 Å². The van der Waals surface area contributed by atoms with Crippen LogP contribution >= 0.6 is 0 Å². The van der Waals surface area contributed by atoms with E-state index in [1.165, 1.54) is 11.1 Å². The van der Waals surface area contributed by atoms with E-state index in [1.54, 1.807) is 0 Å². The molecule has 2 N–H and O–H groups in total. The standard InChI is InChI=1S/C13H21NO/c1-11-5-3-7-13(9-11)10-14-12(2)6-4-8-15/h3,5,7,9,12,14-15H,4,6,8,10H2,1-2H3/t12-/m0/s1. The first-order valence-electron chi connectivity index (χ1n) is 5.62. The molecular weight excluding hydrogens is 186 g/mol. The number of rotatable bonds is 6. The van der Waals surface area contributed by atoms with Gasteiger partial charge in [0.1, 0.15) is 0 Å². The maximum atomic E-state index is 8.71. The summed E-state index contributed by atoms with van der Waals surface area (Å²) in [5.74, 6) is 0. The second-order valence-electron chi connectivity index (χ2n) is 4.14. The molecule has 0 saturated carbocycles. The van der Waals surface area contributed by atoms with E-state index in [4.69, 9.17) is 5.11 Å². The Morgan fingerprint density at radius 2 is 2.20 bits per heavy atom. The van der Waals surface area contributed by atoms with Crippen molar-refractivity contribution in [1.29, 1.82) is 0 Å². The van der Waals surface area contributed by atoms with Gasteiger partial charge in [-0.25, -0.2) is 0 Å². The quantitative estimate of drug-likeness (QED) is 0.750. The lowest BCUT2D eigenvalue weighted by Crippen LogP contribution is -2.25. The number of nitrogens with one attached hydrogen (secondary N) is 1. The van der Waals surface area contributed by atoms with Crippen molar-refractivity contribution >= 4 is 0 Å². The van der Waals surface area contributed by atoms with Crippen LogP contribution in [0.5, 0.6) is 0 Å². The molecule has 0 heterocycles. The summed E-state index contributed by atoms with van der Waals surface area (Å²) in [4.78, 5) is 0. The van der Waals surface area contributed by atoms with Crippen molar-refractivity contribution in [3.05, 3.63) is 35.4 Å². The third-order valence-corrected chi connectivity index (χ3v) is 2.53. The predicted octanol–water partition coefficient (Wildman–Crippen LogP) is 2.25. The van der Waals surface area contributed by atoms with Crippen molar-refractivity contribution < 1.29 is 5.11 Å². The van der Waals surface area contributed by atoms with Gasteiger partial charge < -0.3 is 10.4 Å². The molecule has 1 aromatic carbocycles. The Morgan fingerprint density at radius 1 is 1.40 bits per heavy atom. The highest BCUT2D eigenvalue weighted by molar-refractivity contribution is 5.21. The van der Waals surface area contributed by atoms with Crippen LogP contribution in [0, 0.1) is 6.92 Å². The first kappa shape index (κ1) is 12.2. The van der Waals surface area contributed by atoms with Crippen molar-refractivity contribution in [2.75, 3.05) is 6.61 Å². The molecule has 1 aromatic rings. The average Bonchev–Trinajstić information content (AvgIpc) is 2.23. The van der Waals surface area contributed by atoms with Gasteiger partial charge in [-0.3, -0.25) is 0 Å². The highest BCUT2D eigenvalue weighted by Gasteiger charge is 2.00. The van der Waals surface area contributed by atoms with Crippen LogP contribution in [0.25, 0.3) is 0 Å². The molecule has 0 saturated heterocycles. The minimum absolute atomic E-state index is 0.288. The Labute approximate surface area is 92.3 Å². The van der Waals surface area contributed by atoms with Gasteiger partial charge in [-0.15, -0.1) is 0 Å². The topological polar surface area (TPSA) is 32.3 Å². The fourth-order valence-electron chi connectivity index (χ4n) is 1.61. The molecule has 1 atom stereocenters. The first-order chi connectivity index (χ1) is 7.22. The molecule has 0 bridgehead atoms. The zero-order valence-electron chi connectivity index (χ0n) is 9.66. The molecule has 0 aliphatic rings. The fraction of sp³-hybridized carbons (Fsp3) is 0.538. The van der Waals surface area contributed by atoms with Gasteiger partial charge in [0.15, 0.2) is 0 Å². The number of hydrogen-bond acceptors (Lipinski definition) is 2. The lowest BCUT2D eigenvalue weighted by Gasteiger charge is -2.13. The molecule has 2 nitrogen and oxygen atoms in total. The molecule has 0 aliphatic carbocycles. The zero-order valence-corrected chi connectivity index (χ0v) is 9.66. The van der Waals surface area contributed by atoms with Crippen LogP contribution in [-0.4, -0.2) is 17.8 Å². The number of hydrogen-bond donors (Lipinski definition) is 2. The zero-order chi connectivity index (χ0) is 11.1. The lowest BCUT2D eigenvalue weighted by atomic mass is 10.1. The Bertz CT molecular complexity index is 286. The van der Waals surface area contributed by atoms with E-state index in [2.05, 4.69) is 43.4 Å². The number of aliphatic hydroxyl groups is 1. The minimum Gasteiger partial charge on any atom is -0.396 e. The second kappa shape index (κ2) is 6.59. The summed E-state index contributed by atoms with van der Waals surface area (Å²) in [6.45, 7) is 5.47. The highest BCUT2D eigenvalue weighted by atomic mass is 16.2. The van der Waals surface area contributed by atoms with E-state index in [-0.39, 0.29) is 6.61 Å². The SMILES string of the molecule is Cc1cccc(CN[C@@H](C)CCCO)c1. The van der Waals surface area contributed by atoms with E-state index < -0.39 is 0 Å². The van der Waals surface area contributed by atoms with Crippen LogP contribution in [0.15, 0.2) is 24.3 Å². The number of aliphatic hydroxyl groups excluding tert-OH is 1. The Hall–Kier alpha value is -0.860. The minimum atomic E-state index is 0.288. The molecule has 0 aromatic heterocycles. The van der Waals surface area contributed by atoms with Gasteiger partial charge in [0.25, 0.3) is 0 Å². The van der Waals surface area contributed by atoms with Crippen molar-refractivity contribution in [2.24, 2.45) is 0 Å². The third-order valence-electron chi connectivity index (χ3n) is 2.53. The van der Waals surface area contributed by atoms with Gasteiger partial charge in [0.05, 0.1) is 0 Å². The maximum absolute atomic E-state index is 8.71. The molecular formula is C13H21NO. The van der Waals surface area contributed by atoms with Gasteiger partial charge in [-0.05, 0) is 32.3 Å². The molecule has 0 radical (unpaired) electrons. The van der Waals surface area contributed by atoms with E-state index in [0.717, 1.165) is 19.4 Å². The Morgan fingerprint density at radius 3 is 2.87 bits per heavy atom. The van der Waals surface area contributed by atoms with Crippen LogP contribution < -0.4 is 5.32 Å². The summed E-state index contributed by atoms with van der Waals surface area (Å²) in [6.07, 6.45) is 1.91. The molecule has 0 aliphatic heterocycles. The van der Waals surface area contributed by atoms with Crippen molar-refractivity contribution in [2.45, 2.75) is 39.3 Å². The summed E-state index contributed by atoms with van der Waals surface area (Å²) in [5, 5.41) is 12.2. The highest BCUT2D eigenvalue weighted by Crippen LogP contribution is 2.04. The van der Waals surface area contributed by atoms with E-state index in [9.17, 15) is 0 Å². The van der Waals surface area contributed by atoms with Gasteiger partial charge in [-0.1, -0.05) is 29.8 Å². The van der Waals surface area contributed by atoms with Crippen LogP contribution in [-0.2, 0) is 6.54 Å². The molecule has 0 spiro atoms. The molecule has 84 valence electrons. The average molecular weight is 207 g/mol. The predicted molar refractivity (Wildman–Crippen MR) is 63.8 cm³/mol. The van der Waals surface area contributed by atoms with Crippen LogP contribution in [0.1, 0.15) is 30.9 Å². The van der Waals surface area contributed by atoms with Crippen molar-refractivity contribution in [3.8, 4) is 0 Å². The summed E-state index contributed by atoms with van der Waals surface area (Å²) in [7, 11) is 0. The summed E-state index contributed by atoms with van der Waals surface area (Å²) in [6, 6.07) is 9.01. The van der Waals surface area contributed by atoms with Gasteiger partial charge in [0, 0.05) is 19.2 Å². The smallest absolute Gasteiger partial charge is 0.0431 e. The van der Waals surface area contributed by atoms with Crippen LogP contribution in [0.2, 0.25) is 0 Å². The van der Waals surface area contributed by atoms with E-state index in [1.807, 2.05) is 0 Å². The normalized spacial score (nSPS) is 12.7. The van der Waals surface area contributed by atoms with Crippen molar-refractivity contribution in [1.82, 2.24) is 5.32 Å². The van der Waals surface area contributed by atoms with Crippen LogP contribution in [0.3, 0.4) is 0 Å². The summed E-state index contributed by atoms with van der Waals surface area (Å²) < 4.78 is 0. The van der Waals surface area contributed by atoms with E-state index in [0.29, 0.717) is 6.04 Å². The summed E-state index contributed by atoms with van der Waals surface area (Å²) in [5.41, 5.74) is 2.63. The van der Waals surface area contributed by atoms with Gasteiger partial charge >= 0.3 is 0 Å². The summed E-state index contributed by atoms with van der Waals surface area (Å²) >= 11 is 0. The molecule has 0 amide bonds. The molecule has 15 heavy (non-hydrogen) atoms. The van der Waals surface area contributed by atoms with Gasteiger partial charge in [-0.2, -0.15) is 0 Å². The monoisotopic (exact) mass is 207 g/mol. The van der Waals surface area contributed by atoms with Crippen molar-refractivity contribution in [3.63, 3.8) is 0 Å². The molecule has 0 unspecified atom stereocenters. The third kappa shape index (κ3) is 4.96. The lowest BCUT2D eigenvalue weighted by molar-refractivity contribution is 0.276. The largest absolute Gasteiger partial charge is 0.396 e. The molecule has 0 fully saturated rings. The first-order valence-corrected chi connectivity index (χ1v) is 5.62. The Balaban J connectivity index is 2.30. The van der Waals surface area contributed by atoms with Gasteiger partial charge in [0.2, 0.25) is 0 Å². The Kier molecular flexibility index (Phi) is 5.37. The second-order valence-corrected chi connectivity index (χ2v) is 4.14. The maximum Gasteiger partial charge on any atom is 0.0431 e. The number of aryl methyl sites for hydroxylation is 1. The van der Waals surface area contributed by atoms with E-state index >= 15 is 0 Å². The fourth-order valence-corrected chi connectivity index (χ4v) is 1.61. The molecule has 1 rings (SSSR count). The molecule has 2 heteroatoms. The number of benzene rings is 1.